The van der Waals surface area contributed by atoms with Crippen LogP contribution in [0.15, 0.2) is 200 Å². The van der Waals surface area contributed by atoms with E-state index in [1.807, 2.05) is 142 Å². The predicted molar refractivity (Wildman–Crippen MR) is 516 cm³/mol. The van der Waals surface area contributed by atoms with E-state index in [0.717, 1.165) is 144 Å². The number of amides is 4. The fraction of sp³-hybridized carbons (Fsp3) is 0.337. The van der Waals surface area contributed by atoms with Crippen molar-refractivity contribution in [2.75, 3.05) is 21.3 Å². The molecule has 10 aromatic carbocycles. The van der Waals surface area contributed by atoms with E-state index in [4.69, 9.17) is 108 Å². The van der Waals surface area contributed by atoms with Gasteiger partial charge in [-0.05, 0) is 221 Å². The molecular formula is C101H99AlCl4Cs2FN4NaO24S2. The van der Waals surface area contributed by atoms with Crippen molar-refractivity contribution < 1.29 is 290 Å². The summed E-state index contributed by atoms with van der Waals surface area (Å²) in [5.41, 5.74) is 7.23. The number of benzene rings is 10. The fourth-order valence-corrected chi connectivity index (χ4v) is 19.6. The van der Waals surface area contributed by atoms with Crippen molar-refractivity contribution in [3.63, 3.8) is 0 Å². The number of nitrogens with zero attached hydrogens (tertiary/aromatic N) is 2. The van der Waals surface area contributed by atoms with Gasteiger partial charge >= 0.3 is 197 Å². The number of phenols is 2. The number of hydrogen-bond donors (Lipinski definition) is 5. The Morgan fingerprint density at radius 1 is 0.521 bits per heavy atom. The number of nitrogens with one attached hydrogen (secondary N) is 2. The number of carbonyl (C=O) groups excluding carboxylic acids is 8. The average Bonchev–Trinajstić information content (AvgIpc) is 1.61. The van der Waals surface area contributed by atoms with Gasteiger partial charge in [-0.1, -0.05) is 133 Å². The zero-order chi connectivity index (χ0) is 97.6. The number of carboxylic acids is 1. The van der Waals surface area contributed by atoms with Gasteiger partial charge in [-0.2, -0.15) is 0 Å². The first-order valence-electron chi connectivity index (χ1n) is 43.6. The number of methoxy groups -OCH3 is 3. The van der Waals surface area contributed by atoms with Crippen molar-refractivity contribution in [1.29, 1.82) is 0 Å². The number of ether oxygens (including phenoxy) is 9. The number of thioether (sulfide) groups is 2. The van der Waals surface area contributed by atoms with Crippen LogP contribution in [0, 0.1) is 75.2 Å². The molecule has 4 amide bonds. The molecule has 24 rings (SSSR count). The van der Waals surface area contributed by atoms with Crippen molar-refractivity contribution in [1.82, 2.24) is 10.6 Å². The Kier molecular flexibility index (Phi) is 48.4. The Bertz CT molecular complexity index is 6110. The molecule has 6 aliphatic carbocycles. The molecule has 28 nitrogen and oxygen atoms in total. The molecule has 6 bridgehead atoms. The molecule has 0 aromatic heterocycles. The Morgan fingerprint density at radius 2 is 0.957 bits per heavy atom. The number of esters is 2. The third-order valence-corrected chi connectivity index (χ3v) is 26.9. The molecule has 39 heteroatoms. The molecule has 14 aliphatic rings. The van der Waals surface area contributed by atoms with E-state index in [9.17, 15) is 47.9 Å². The summed E-state index contributed by atoms with van der Waals surface area (Å²) in [6, 6.07) is 60.1. The monoisotopic (exact) mass is 2290 g/mol. The summed E-state index contributed by atoms with van der Waals surface area (Å²) in [6.07, 6.45) is 10.6. The third-order valence-electron chi connectivity index (χ3n) is 24.4. The molecule has 6 N–H and O–H groups in total. The predicted octanol–water partition coefficient (Wildman–Crippen LogP) is 11.9. The quantitative estimate of drug-likeness (QED) is 0.0136. The summed E-state index contributed by atoms with van der Waals surface area (Å²) in [4.78, 5) is 110. The SMILES string of the molecule is COC(=O)C1CC(Cl)C1.COC(=O)C1CC(Oc2cccc(C)c2)C1.COc1cccc(O)c1.Cc1ccc2c(c1)OC1CC(C1)C2=O.Cc1cccc(OC2CC(C(=O)O)C2)c1.O=C1NC(=O)C(C2c3ccc(O)cc3OC3CC2C3)S1.O=CO[O-].[C-]#[N+]c1ccc(F)c2ccccc12.[C-]#[N+]c1ccc(Oc2ccc3c(c2)OC2CC(C2)C3C2SC(=O)NC2=O)c2ccccc12.[Cl][Al]([Cl])[Cl].[Cs+].[Cs+].[H-].[Na+].[OH-]. The van der Waals surface area contributed by atoms with E-state index in [2.05, 4.69) is 34.7 Å². The molecule has 140 heavy (non-hydrogen) atoms. The number of hydrogen-bond acceptors (Lipinski definition) is 25. The molecule has 0 spiro atoms. The Balaban J connectivity index is 0.000000222. The van der Waals surface area contributed by atoms with Gasteiger partial charge in [0, 0.05) is 52.1 Å². The Labute approximate surface area is 981 Å². The molecule has 6 saturated carbocycles. The minimum Gasteiger partial charge on any atom is -1.00 e. The maximum atomic E-state index is 13.2. The summed E-state index contributed by atoms with van der Waals surface area (Å²) >= 11 is 6.07. The summed E-state index contributed by atoms with van der Waals surface area (Å²) in [6.45, 7) is 20.2. The number of Topliss-reactive ketones (excluding diaryl/α,β-unsaturated/α-hetero) is 1. The van der Waals surface area contributed by atoms with Gasteiger partial charge in [-0.25, -0.2) is 44.2 Å². The zero-order valence-electron chi connectivity index (χ0n) is 79.0. The standard InChI is InChI=1S/C25H18N2O4S.C14H13NO4S.C13H16O3.C12H14O3.C12H12O2.C11H6FN.C7H8O2.C6H9ClO2.CH2O3.Al.3ClH.2Cs.Na.H2O.H/c1-26-19-8-9-20(17-5-3-2-4-16(17)19)30-14-6-7-18-21(12-14)31-15-10-13(11-15)22(18)23-24(28)27-25(29)32-23;16-7-1-2-9-10(5-7)19-8-3-6(4-8)11(9)12-13(17)15-14(18)20-12;1-9-4-3-5-11(6-9)16-12-7-10(8-12)13(14)15-2;1-8-3-2-4-10(5-8)15-11-6-9(7-11)12(13)14;1-7-2-3-10-11(4-7)14-9-5-8(6-9)12(10)13;1-13-11-7-6-10(12)8-4-2-3-5-9(8)11;1-9-7-4-2-3-6(8)5-7;1-9-6(8)4-2-5(7)3-4;2-1-4-3;;;;;;;;;/h2-9,12-13,15,22-23H,10-11H2,(H,27,28,29);1-2,5-6,8,11-12,16H,3-4H2,(H,15,17,18);3-6,10,12H,7-8H2,1-2H3;2-5,9,11H,6-7H2,1H3,(H,13,14);2-4,8-9H,5-6H2,1H3;2-7H;2-5,8H,1H3;4-5H,2-3H2,1H3;1,3H;;3*1H;;;;1H2;/q;;;;;;;;;+3;;;;3*+1;;-1/p-5. The van der Waals surface area contributed by atoms with E-state index in [1.165, 1.54) is 31.9 Å². The number of halogens is 5. The van der Waals surface area contributed by atoms with Crippen molar-refractivity contribution >= 4 is 162 Å². The van der Waals surface area contributed by atoms with Gasteiger partial charge in [0.25, 0.3) is 17.0 Å². The second-order valence-corrected chi connectivity index (χ2v) is 42.9. The minimum atomic E-state index is -1.72. The van der Waals surface area contributed by atoms with Crippen LogP contribution in [-0.2, 0) is 43.1 Å². The minimum absolute atomic E-state index is 0. The number of rotatable bonds is 13. The van der Waals surface area contributed by atoms with E-state index >= 15 is 0 Å². The molecule has 8 heterocycles. The van der Waals surface area contributed by atoms with Gasteiger partial charge < -0.3 is 75.0 Å². The summed E-state index contributed by atoms with van der Waals surface area (Å²) < 4.78 is 62.7. The van der Waals surface area contributed by atoms with Crippen LogP contribution in [0.2, 0.25) is 0 Å². The number of aromatic hydroxyl groups is 2. The van der Waals surface area contributed by atoms with Gasteiger partial charge in [0.05, 0.1) is 70.0 Å². The van der Waals surface area contributed by atoms with Crippen LogP contribution >= 0.6 is 65.3 Å². The number of ketones is 1. The Hall–Kier alpha value is -6.92. The molecule has 0 radical (unpaired) electrons. The van der Waals surface area contributed by atoms with Crippen molar-refractivity contribution in [2.24, 2.45) is 35.5 Å². The third kappa shape index (κ3) is 32.5. The maximum absolute atomic E-state index is 13.2. The number of carbonyl (C=O) groups is 9. The summed E-state index contributed by atoms with van der Waals surface area (Å²) in [7, 11) is 19.2. The topological polar surface area (TPSA) is 392 Å². The van der Waals surface area contributed by atoms with Gasteiger partial charge in [0.15, 0.2) is 17.2 Å². The summed E-state index contributed by atoms with van der Waals surface area (Å²) in [5, 5.41) is 42.1. The molecular weight excluding hydrogens is 2190 g/mol. The van der Waals surface area contributed by atoms with Crippen LogP contribution < -0.4 is 216 Å². The van der Waals surface area contributed by atoms with E-state index in [-0.39, 0.29) is 309 Å². The van der Waals surface area contributed by atoms with E-state index in [0.29, 0.717) is 75.6 Å². The van der Waals surface area contributed by atoms with Gasteiger partial charge in [-0.15, -0.1) is 11.6 Å². The normalized spacial score (nSPS) is 22.9. The molecule has 4 atom stereocenters. The van der Waals surface area contributed by atoms with Gasteiger partial charge in [0.2, 0.25) is 11.8 Å². The Morgan fingerprint density at radius 3 is 1.41 bits per heavy atom. The molecule has 4 unspecified atom stereocenters. The second kappa shape index (κ2) is 57.3. The number of phenolic OH excluding ortho intramolecular Hbond substituents is 2. The average molecular weight is 2290 g/mol. The van der Waals surface area contributed by atoms with Crippen molar-refractivity contribution in [3.8, 4) is 57.5 Å². The summed E-state index contributed by atoms with van der Waals surface area (Å²) in [5.74, 6) is 5.57. The van der Waals surface area contributed by atoms with Crippen LogP contribution in [0.1, 0.15) is 128 Å². The van der Waals surface area contributed by atoms with Crippen LogP contribution in [0.5, 0.6) is 57.5 Å². The molecule has 2 saturated heterocycles. The number of aryl methyl sites for hydroxylation is 3. The zero-order valence-corrected chi connectivity index (χ0v) is 98.4. The first kappa shape index (κ1) is 118. The van der Waals surface area contributed by atoms with Crippen LogP contribution in [0.3, 0.4) is 0 Å². The van der Waals surface area contributed by atoms with E-state index in [1.54, 1.807) is 73.8 Å². The number of alkyl halides is 1. The van der Waals surface area contributed by atoms with Crippen LogP contribution in [0.25, 0.3) is 31.2 Å². The first-order valence-corrected chi connectivity index (χ1v) is 51.0. The van der Waals surface area contributed by atoms with E-state index < -0.39 is 27.9 Å². The first-order chi connectivity index (χ1) is 65.3. The number of carboxylic acid groups (broad SMARTS) is 1. The van der Waals surface area contributed by atoms with Crippen LogP contribution in [0.4, 0.5) is 25.4 Å². The molecule has 8 fully saturated rings. The maximum Gasteiger partial charge on any atom is 1.00 e. The number of fused-ring (bicyclic) bond motifs is 2. The molecule has 10 aromatic rings. The molecule has 8 aliphatic heterocycles. The van der Waals surface area contributed by atoms with Crippen molar-refractivity contribution in [3.05, 3.63) is 262 Å². The van der Waals surface area contributed by atoms with Gasteiger partial charge in [-0.3, -0.25) is 53.8 Å². The smallest absolute Gasteiger partial charge is 1.00 e. The fourth-order valence-electron chi connectivity index (χ4n) is 17.0. The molecule has 720 valence electrons. The number of imide groups is 2. The van der Waals surface area contributed by atoms with Crippen LogP contribution in [-0.4, -0.2) is 152 Å². The van der Waals surface area contributed by atoms with Crippen molar-refractivity contribution in [2.45, 2.75) is 156 Å². The number of aliphatic carboxylic acids is 1. The second-order valence-electron chi connectivity index (χ2n) is 33.6. The van der Waals surface area contributed by atoms with Gasteiger partial charge in [0.1, 0.15) is 92.1 Å². The largest absolute Gasteiger partial charge is 1.00 e.